The molecule has 1 aromatic carbocycles. The molecule has 0 N–H and O–H groups in total. The first kappa shape index (κ1) is 21.5. The van der Waals surface area contributed by atoms with Crippen LogP contribution in [0.15, 0.2) is 24.0 Å². The van der Waals surface area contributed by atoms with Crippen molar-refractivity contribution < 1.29 is 13.2 Å². The lowest BCUT2D eigenvalue weighted by atomic mass is 9.71. The summed E-state index contributed by atoms with van der Waals surface area (Å²) in [5.41, 5.74) is 1.06. The van der Waals surface area contributed by atoms with Gasteiger partial charge in [0.2, 0.25) is 0 Å². The van der Waals surface area contributed by atoms with Gasteiger partial charge in [0.15, 0.2) is 0 Å². The van der Waals surface area contributed by atoms with E-state index in [1.54, 1.807) is 18.2 Å². The van der Waals surface area contributed by atoms with Gasteiger partial charge < -0.3 is 0 Å². The third-order valence-electron chi connectivity index (χ3n) is 7.03. The van der Waals surface area contributed by atoms with Gasteiger partial charge in [-0.3, -0.25) is 0 Å². The first-order valence-electron chi connectivity index (χ1n) is 11.4. The summed E-state index contributed by atoms with van der Waals surface area (Å²) in [5, 5.41) is 0. The molecule has 0 heterocycles. The summed E-state index contributed by atoms with van der Waals surface area (Å²) in [6.45, 7) is 2.13. The average molecular weight is 393 g/mol. The molecule has 1 atom stereocenters. The molecular weight excluding hydrogens is 357 g/mol. The molecule has 3 rings (SSSR count). The highest BCUT2D eigenvalue weighted by Gasteiger charge is 2.28. The minimum absolute atomic E-state index is 0.0605. The van der Waals surface area contributed by atoms with Crippen molar-refractivity contribution in [2.75, 3.05) is 0 Å². The normalized spacial score (nSPS) is 25.6. The highest BCUT2D eigenvalue weighted by Crippen LogP contribution is 2.40. The third-order valence-corrected chi connectivity index (χ3v) is 7.03. The summed E-state index contributed by atoms with van der Waals surface area (Å²) in [6.07, 6.45) is 14.2. The fourth-order valence-electron chi connectivity index (χ4n) is 5.17. The third kappa shape index (κ3) is 5.87. The maximum atomic E-state index is 14.4. The molecule has 0 radical (unpaired) electrons. The van der Waals surface area contributed by atoms with Crippen molar-refractivity contribution in [2.45, 2.75) is 90.4 Å². The Morgan fingerprint density at radius 2 is 1.57 bits per heavy atom. The summed E-state index contributed by atoms with van der Waals surface area (Å²) in [7, 11) is 0. The second-order valence-electron chi connectivity index (χ2n) is 9.00. The molecular formula is C25H35F3. The smallest absolute Gasteiger partial charge is 0.129 e. The van der Waals surface area contributed by atoms with Gasteiger partial charge in [-0.2, -0.15) is 0 Å². The highest BCUT2D eigenvalue weighted by atomic mass is 19.1. The van der Waals surface area contributed by atoms with Crippen molar-refractivity contribution in [3.63, 3.8) is 0 Å². The lowest BCUT2D eigenvalue weighted by molar-refractivity contribution is 0.184. The van der Waals surface area contributed by atoms with Crippen LogP contribution in [0.2, 0.25) is 0 Å². The Bertz CT molecular complexity index is 633. The van der Waals surface area contributed by atoms with Crippen LogP contribution >= 0.6 is 0 Å². The highest BCUT2D eigenvalue weighted by molar-refractivity contribution is 5.26. The summed E-state index contributed by atoms with van der Waals surface area (Å²) in [5.74, 6) is 1.24. The fraction of sp³-hybridized carbons (Fsp3) is 0.680. The summed E-state index contributed by atoms with van der Waals surface area (Å²) < 4.78 is 42.1. The molecule has 0 aromatic heterocycles. The molecule has 156 valence electrons. The first-order chi connectivity index (χ1) is 13.6. The Morgan fingerprint density at radius 1 is 0.857 bits per heavy atom. The van der Waals surface area contributed by atoms with Crippen molar-refractivity contribution in [2.24, 2.45) is 17.8 Å². The molecule has 2 aliphatic carbocycles. The first-order valence-corrected chi connectivity index (χ1v) is 11.4. The van der Waals surface area contributed by atoms with Crippen molar-refractivity contribution >= 4 is 0 Å². The molecule has 0 saturated heterocycles. The van der Waals surface area contributed by atoms with Crippen LogP contribution in [-0.4, -0.2) is 0 Å². The van der Waals surface area contributed by atoms with Crippen LogP contribution in [0, 0.1) is 29.4 Å². The van der Waals surface area contributed by atoms with Crippen LogP contribution in [0.5, 0.6) is 0 Å². The number of aryl methyl sites for hydroxylation is 1. The quantitative estimate of drug-likeness (QED) is 0.392. The topological polar surface area (TPSA) is 0 Å². The van der Waals surface area contributed by atoms with E-state index >= 15 is 0 Å². The predicted molar refractivity (Wildman–Crippen MR) is 110 cm³/mol. The van der Waals surface area contributed by atoms with E-state index in [1.165, 1.54) is 12.8 Å². The number of unbranched alkanes of at least 4 members (excludes halogenated alkanes) is 2. The molecule has 0 bridgehead atoms. The standard InChI is InChI=1S/C25H35F3/c1-2-3-4-5-19-16-24(27)23(25(28)17-19)15-8-18-6-9-20(10-7-18)21-11-13-22(26)14-12-21/h13,16-18,20-21H,2-12,14-15H2,1H3/t18-,20-,21?. The Labute approximate surface area is 168 Å². The van der Waals surface area contributed by atoms with Gasteiger partial charge in [0.05, 0.1) is 5.83 Å². The molecule has 1 saturated carbocycles. The molecule has 0 nitrogen and oxygen atoms in total. The van der Waals surface area contributed by atoms with Gasteiger partial charge in [-0.25, -0.2) is 13.2 Å². The van der Waals surface area contributed by atoms with E-state index in [2.05, 4.69) is 6.92 Å². The van der Waals surface area contributed by atoms with E-state index in [4.69, 9.17) is 0 Å². The van der Waals surface area contributed by atoms with Crippen molar-refractivity contribution in [1.82, 2.24) is 0 Å². The number of hydrogen-bond donors (Lipinski definition) is 0. The number of halogens is 3. The molecule has 1 fully saturated rings. The Hall–Kier alpha value is -1.25. The van der Waals surface area contributed by atoms with Crippen molar-refractivity contribution in [3.8, 4) is 0 Å². The van der Waals surface area contributed by atoms with Gasteiger partial charge in [0, 0.05) is 5.56 Å². The second kappa shape index (κ2) is 10.5. The number of hydrogen-bond acceptors (Lipinski definition) is 0. The maximum Gasteiger partial charge on any atom is 0.129 e. The minimum atomic E-state index is -0.365. The zero-order valence-electron chi connectivity index (χ0n) is 17.3. The zero-order chi connectivity index (χ0) is 19.9. The van der Waals surface area contributed by atoms with Gasteiger partial charge in [-0.1, -0.05) is 38.7 Å². The van der Waals surface area contributed by atoms with E-state index in [0.717, 1.165) is 63.4 Å². The van der Waals surface area contributed by atoms with Crippen LogP contribution in [0.25, 0.3) is 0 Å². The van der Waals surface area contributed by atoms with E-state index < -0.39 is 0 Å². The largest absolute Gasteiger partial charge is 0.212 e. The molecule has 2 aliphatic rings. The maximum absolute atomic E-state index is 14.4. The molecule has 0 aliphatic heterocycles. The lowest BCUT2D eigenvalue weighted by Crippen LogP contribution is -2.23. The molecule has 0 amide bonds. The number of rotatable bonds is 8. The van der Waals surface area contributed by atoms with Gasteiger partial charge in [0.25, 0.3) is 0 Å². The van der Waals surface area contributed by atoms with Crippen molar-refractivity contribution in [1.29, 1.82) is 0 Å². The minimum Gasteiger partial charge on any atom is -0.212 e. The Balaban J connectivity index is 1.46. The fourth-order valence-corrected chi connectivity index (χ4v) is 5.17. The molecule has 1 unspecified atom stereocenters. The molecule has 28 heavy (non-hydrogen) atoms. The zero-order valence-corrected chi connectivity index (χ0v) is 17.3. The van der Waals surface area contributed by atoms with Gasteiger partial charge in [0.1, 0.15) is 11.6 Å². The van der Waals surface area contributed by atoms with Gasteiger partial charge in [-0.05, 0) is 93.2 Å². The monoisotopic (exact) mass is 392 g/mol. The van der Waals surface area contributed by atoms with E-state index in [1.807, 2.05) is 0 Å². The lowest BCUT2D eigenvalue weighted by Gasteiger charge is -2.35. The molecule has 0 spiro atoms. The van der Waals surface area contributed by atoms with Crippen LogP contribution < -0.4 is 0 Å². The van der Waals surface area contributed by atoms with E-state index in [9.17, 15) is 13.2 Å². The SMILES string of the molecule is CCCCCc1cc(F)c(CC[C@H]2CC[C@H](C3CC=C(F)CC3)CC2)c(F)c1. The predicted octanol–water partition coefficient (Wildman–Crippen LogP) is 8.09. The molecule has 3 heteroatoms. The van der Waals surface area contributed by atoms with Gasteiger partial charge in [-0.15, -0.1) is 0 Å². The van der Waals surface area contributed by atoms with Crippen LogP contribution in [0.4, 0.5) is 13.2 Å². The Morgan fingerprint density at radius 3 is 2.18 bits per heavy atom. The summed E-state index contributed by atoms with van der Waals surface area (Å²) in [4.78, 5) is 0. The number of benzene rings is 1. The molecule has 1 aromatic rings. The van der Waals surface area contributed by atoms with Gasteiger partial charge >= 0.3 is 0 Å². The summed E-state index contributed by atoms with van der Waals surface area (Å²) in [6, 6.07) is 3.08. The van der Waals surface area contributed by atoms with E-state index in [-0.39, 0.29) is 23.0 Å². The average Bonchev–Trinajstić information content (AvgIpc) is 2.69. The second-order valence-corrected chi connectivity index (χ2v) is 9.00. The Kier molecular flexibility index (Phi) is 8.05. The van der Waals surface area contributed by atoms with Crippen LogP contribution in [0.1, 0.15) is 88.7 Å². The van der Waals surface area contributed by atoms with Crippen LogP contribution in [0.3, 0.4) is 0 Å². The summed E-state index contributed by atoms with van der Waals surface area (Å²) >= 11 is 0. The van der Waals surface area contributed by atoms with E-state index in [0.29, 0.717) is 30.6 Å². The van der Waals surface area contributed by atoms with Crippen LogP contribution in [-0.2, 0) is 12.8 Å². The van der Waals surface area contributed by atoms with Crippen molar-refractivity contribution in [3.05, 3.63) is 46.8 Å². The number of allylic oxidation sites excluding steroid dienone is 2.